The molecule has 104 valence electrons. The van der Waals surface area contributed by atoms with E-state index < -0.39 is 11.7 Å². The standard InChI is InChI=1S/C15H14F2N2O/c1-9-6-10(2-4-12(9)16)8-19-14-7-11(15(18)20)3-5-13(14)17/h2-7,19H,8H2,1H3,(H2,18,20). The maximum absolute atomic E-state index is 13.6. The highest BCUT2D eigenvalue weighted by Crippen LogP contribution is 2.18. The van der Waals surface area contributed by atoms with E-state index in [1.807, 2.05) is 0 Å². The number of rotatable bonds is 4. The molecule has 1 amide bonds. The Morgan fingerprint density at radius 2 is 1.85 bits per heavy atom. The summed E-state index contributed by atoms with van der Waals surface area (Å²) < 4.78 is 26.7. The van der Waals surface area contributed by atoms with E-state index in [1.165, 1.54) is 24.3 Å². The Kier molecular flexibility index (Phi) is 3.98. The van der Waals surface area contributed by atoms with E-state index in [2.05, 4.69) is 5.32 Å². The van der Waals surface area contributed by atoms with E-state index in [-0.39, 0.29) is 17.1 Å². The fraction of sp³-hybridized carbons (Fsp3) is 0.133. The van der Waals surface area contributed by atoms with Gasteiger partial charge in [0.2, 0.25) is 5.91 Å². The first-order valence-electron chi connectivity index (χ1n) is 6.05. The molecule has 0 heterocycles. The molecule has 0 saturated carbocycles. The predicted octanol–water partition coefficient (Wildman–Crippen LogP) is 2.98. The van der Waals surface area contributed by atoms with Crippen molar-refractivity contribution in [2.75, 3.05) is 5.32 Å². The van der Waals surface area contributed by atoms with Gasteiger partial charge in [0.25, 0.3) is 0 Å². The zero-order chi connectivity index (χ0) is 14.7. The third kappa shape index (κ3) is 3.12. The van der Waals surface area contributed by atoms with E-state index in [0.717, 1.165) is 5.56 Å². The van der Waals surface area contributed by atoms with Crippen LogP contribution in [0.1, 0.15) is 21.5 Å². The fourth-order valence-corrected chi connectivity index (χ4v) is 1.83. The lowest BCUT2D eigenvalue weighted by Gasteiger charge is -2.09. The molecule has 0 saturated heterocycles. The largest absolute Gasteiger partial charge is 0.379 e. The van der Waals surface area contributed by atoms with E-state index in [9.17, 15) is 13.6 Å². The number of carbonyl (C=O) groups is 1. The monoisotopic (exact) mass is 276 g/mol. The van der Waals surface area contributed by atoms with Crippen molar-refractivity contribution in [1.82, 2.24) is 0 Å². The molecule has 5 heteroatoms. The average molecular weight is 276 g/mol. The van der Waals surface area contributed by atoms with Crippen LogP contribution in [0.4, 0.5) is 14.5 Å². The topological polar surface area (TPSA) is 55.1 Å². The molecule has 0 bridgehead atoms. The lowest BCUT2D eigenvalue weighted by Crippen LogP contribution is -2.12. The van der Waals surface area contributed by atoms with Crippen LogP contribution in [-0.2, 0) is 6.54 Å². The van der Waals surface area contributed by atoms with Crippen LogP contribution in [0.2, 0.25) is 0 Å². The van der Waals surface area contributed by atoms with Gasteiger partial charge in [-0.3, -0.25) is 4.79 Å². The average Bonchev–Trinajstić information content (AvgIpc) is 2.41. The highest BCUT2D eigenvalue weighted by molar-refractivity contribution is 5.93. The summed E-state index contributed by atoms with van der Waals surface area (Å²) in [5.74, 6) is -1.38. The number of halogens is 2. The van der Waals surface area contributed by atoms with Gasteiger partial charge in [-0.25, -0.2) is 8.78 Å². The van der Waals surface area contributed by atoms with Crippen LogP contribution in [0.15, 0.2) is 36.4 Å². The number of carbonyl (C=O) groups excluding carboxylic acids is 1. The van der Waals surface area contributed by atoms with Gasteiger partial charge >= 0.3 is 0 Å². The summed E-state index contributed by atoms with van der Waals surface area (Å²) in [6.07, 6.45) is 0. The van der Waals surface area contributed by atoms with Gasteiger partial charge in [-0.05, 0) is 42.3 Å². The molecule has 2 aromatic carbocycles. The maximum atomic E-state index is 13.6. The quantitative estimate of drug-likeness (QED) is 0.902. The molecular weight excluding hydrogens is 262 g/mol. The maximum Gasteiger partial charge on any atom is 0.248 e. The number of hydrogen-bond acceptors (Lipinski definition) is 2. The molecule has 0 aliphatic rings. The molecule has 20 heavy (non-hydrogen) atoms. The Hall–Kier alpha value is -2.43. The highest BCUT2D eigenvalue weighted by Gasteiger charge is 2.07. The van der Waals surface area contributed by atoms with Gasteiger partial charge in [-0.15, -0.1) is 0 Å². The van der Waals surface area contributed by atoms with Crippen molar-refractivity contribution in [3.05, 3.63) is 64.7 Å². The van der Waals surface area contributed by atoms with Crippen LogP contribution in [0.5, 0.6) is 0 Å². The molecule has 0 fully saturated rings. The van der Waals surface area contributed by atoms with Gasteiger partial charge in [-0.1, -0.05) is 12.1 Å². The molecular formula is C15H14F2N2O. The minimum absolute atomic E-state index is 0.184. The number of benzene rings is 2. The van der Waals surface area contributed by atoms with Crippen molar-refractivity contribution in [3.8, 4) is 0 Å². The van der Waals surface area contributed by atoms with E-state index >= 15 is 0 Å². The van der Waals surface area contributed by atoms with Gasteiger partial charge in [0, 0.05) is 12.1 Å². The van der Waals surface area contributed by atoms with Crippen molar-refractivity contribution >= 4 is 11.6 Å². The van der Waals surface area contributed by atoms with Crippen molar-refractivity contribution in [2.45, 2.75) is 13.5 Å². The number of anilines is 1. The Labute approximate surface area is 115 Å². The van der Waals surface area contributed by atoms with Crippen molar-refractivity contribution in [3.63, 3.8) is 0 Å². The Morgan fingerprint density at radius 1 is 1.15 bits per heavy atom. The van der Waals surface area contributed by atoms with Crippen LogP contribution in [0.3, 0.4) is 0 Å². The van der Waals surface area contributed by atoms with Crippen LogP contribution in [0, 0.1) is 18.6 Å². The molecule has 0 aliphatic carbocycles. The predicted molar refractivity (Wildman–Crippen MR) is 73.4 cm³/mol. The zero-order valence-electron chi connectivity index (χ0n) is 10.9. The summed E-state index contributed by atoms with van der Waals surface area (Å²) in [6.45, 7) is 1.98. The van der Waals surface area contributed by atoms with E-state index in [4.69, 9.17) is 5.73 Å². The second-order valence-corrected chi connectivity index (χ2v) is 4.50. The summed E-state index contributed by atoms with van der Waals surface area (Å²) in [5, 5.41) is 2.87. The first-order valence-corrected chi connectivity index (χ1v) is 6.05. The van der Waals surface area contributed by atoms with Crippen molar-refractivity contribution in [2.24, 2.45) is 5.73 Å². The Bertz CT molecular complexity index is 656. The summed E-state index contributed by atoms with van der Waals surface area (Å²) >= 11 is 0. The number of nitrogens with two attached hydrogens (primary N) is 1. The molecule has 0 unspecified atom stereocenters. The van der Waals surface area contributed by atoms with Crippen molar-refractivity contribution < 1.29 is 13.6 Å². The van der Waals surface area contributed by atoms with Crippen molar-refractivity contribution in [1.29, 1.82) is 0 Å². The zero-order valence-corrected chi connectivity index (χ0v) is 10.9. The number of aryl methyl sites for hydroxylation is 1. The molecule has 0 aliphatic heterocycles. The second kappa shape index (κ2) is 5.69. The molecule has 3 nitrogen and oxygen atoms in total. The van der Waals surface area contributed by atoms with Gasteiger partial charge in [0.15, 0.2) is 0 Å². The summed E-state index contributed by atoms with van der Waals surface area (Å²) in [4.78, 5) is 11.1. The lowest BCUT2D eigenvalue weighted by atomic mass is 10.1. The summed E-state index contributed by atoms with van der Waals surface area (Å²) in [5.41, 5.74) is 6.89. The molecule has 0 atom stereocenters. The minimum Gasteiger partial charge on any atom is -0.379 e. The third-order valence-corrected chi connectivity index (χ3v) is 2.96. The van der Waals surface area contributed by atoms with Gasteiger partial charge in [-0.2, -0.15) is 0 Å². The van der Waals surface area contributed by atoms with Crippen LogP contribution in [0.25, 0.3) is 0 Å². The minimum atomic E-state index is -0.620. The van der Waals surface area contributed by atoms with Gasteiger partial charge in [0.1, 0.15) is 11.6 Å². The fourth-order valence-electron chi connectivity index (χ4n) is 1.83. The molecule has 2 aromatic rings. The van der Waals surface area contributed by atoms with Gasteiger partial charge in [0.05, 0.1) is 5.69 Å². The molecule has 2 rings (SSSR count). The normalized spacial score (nSPS) is 10.3. The number of amides is 1. The summed E-state index contributed by atoms with van der Waals surface area (Å²) in [6, 6.07) is 8.52. The Morgan fingerprint density at radius 3 is 2.50 bits per heavy atom. The number of hydrogen-bond donors (Lipinski definition) is 2. The number of nitrogens with one attached hydrogen (secondary N) is 1. The third-order valence-electron chi connectivity index (χ3n) is 2.96. The second-order valence-electron chi connectivity index (χ2n) is 4.50. The Balaban J connectivity index is 2.15. The smallest absolute Gasteiger partial charge is 0.248 e. The number of primary amides is 1. The van der Waals surface area contributed by atoms with Crippen LogP contribution in [-0.4, -0.2) is 5.91 Å². The SMILES string of the molecule is Cc1cc(CNc2cc(C(N)=O)ccc2F)ccc1F. The van der Waals surface area contributed by atoms with Gasteiger partial charge < -0.3 is 11.1 Å². The first kappa shape index (κ1) is 14.0. The molecule has 0 radical (unpaired) electrons. The van der Waals surface area contributed by atoms with E-state index in [0.29, 0.717) is 12.1 Å². The first-order chi connectivity index (χ1) is 9.47. The van der Waals surface area contributed by atoms with E-state index in [1.54, 1.807) is 19.1 Å². The lowest BCUT2D eigenvalue weighted by molar-refractivity contribution is 0.100. The molecule has 3 N–H and O–H groups in total. The van der Waals surface area contributed by atoms with Crippen LogP contribution >= 0.6 is 0 Å². The van der Waals surface area contributed by atoms with Crippen LogP contribution < -0.4 is 11.1 Å². The highest BCUT2D eigenvalue weighted by atomic mass is 19.1. The molecule has 0 aromatic heterocycles. The summed E-state index contributed by atoms with van der Waals surface area (Å²) in [7, 11) is 0. The molecule has 0 spiro atoms.